The van der Waals surface area contributed by atoms with Crippen LogP contribution in [0.2, 0.25) is 0 Å². The topological polar surface area (TPSA) is 47.3 Å². The number of rotatable bonds is 2. The first kappa shape index (κ1) is 24.8. The minimum atomic E-state index is -3.06. The second-order valence-electron chi connectivity index (χ2n) is 11.8. The molecule has 0 radical (unpaired) electrons. The second-order valence-corrected chi connectivity index (χ2v) is 14.4. The summed E-state index contributed by atoms with van der Waals surface area (Å²) in [6, 6.07) is 48.0. The zero-order valence-electron chi connectivity index (χ0n) is 24.1. The van der Waals surface area contributed by atoms with Gasteiger partial charge in [-0.2, -0.15) is 0 Å². The lowest BCUT2D eigenvalue weighted by Crippen LogP contribution is -2.23. The highest BCUT2D eigenvalue weighted by Gasteiger charge is 2.40. The van der Waals surface area contributed by atoms with Gasteiger partial charge in [-0.15, -0.1) is 0 Å². The fourth-order valence-corrected chi connectivity index (χ4v) is 10.3. The predicted octanol–water partition coefficient (Wildman–Crippen LogP) is 8.63. The van der Waals surface area contributed by atoms with Crippen molar-refractivity contribution in [3.8, 4) is 22.3 Å². The Balaban J connectivity index is 1.15. The van der Waals surface area contributed by atoms with Gasteiger partial charge in [0.1, 0.15) is 11.1 Å². The molecule has 10 rings (SSSR count). The molecule has 45 heavy (non-hydrogen) atoms. The van der Waals surface area contributed by atoms with Gasteiger partial charge in [0.25, 0.3) is 0 Å². The van der Waals surface area contributed by atoms with Crippen molar-refractivity contribution >= 4 is 72.3 Å². The van der Waals surface area contributed by atoms with Crippen LogP contribution in [0.3, 0.4) is 0 Å². The average Bonchev–Trinajstić information content (AvgIpc) is 3.62. The number of hydrogen-bond donors (Lipinski definition) is 0. The molecular formula is C40H24N3OP. The van der Waals surface area contributed by atoms with Crippen LogP contribution in [0.25, 0.3) is 71.4 Å². The van der Waals surface area contributed by atoms with Crippen molar-refractivity contribution in [2.24, 2.45) is 0 Å². The van der Waals surface area contributed by atoms with E-state index in [1.54, 1.807) is 0 Å². The summed E-state index contributed by atoms with van der Waals surface area (Å²) in [5.74, 6) is 0. The highest BCUT2D eigenvalue weighted by atomic mass is 31.2. The van der Waals surface area contributed by atoms with E-state index in [-0.39, 0.29) is 0 Å². The minimum Gasteiger partial charge on any atom is -0.307 e. The van der Waals surface area contributed by atoms with E-state index in [1.807, 2.05) is 54.7 Å². The molecule has 0 unspecified atom stereocenters. The van der Waals surface area contributed by atoms with E-state index in [4.69, 9.17) is 9.97 Å². The van der Waals surface area contributed by atoms with Gasteiger partial charge in [-0.1, -0.05) is 115 Å². The summed E-state index contributed by atoms with van der Waals surface area (Å²) in [6.45, 7) is 0. The monoisotopic (exact) mass is 593 g/mol. The number of pyridine rings is 2. The third kappa shape index (κ3) is 3.29. The van der Waals surface area contributed by atoms with Crippen molar-refractivity contribution in [1.29, 1.82) is 0 Å². The molecule has 4 heterocycles. The van der Waals surface area contributed by atoms with Crippen LogP contribution in [0.4, 0.5) is 0 Å². The molecule has 1 aliphatic rings. The van der Waals surface area contributed by atoms with Gasteiger partial charge in [0.15, 0.2) is 7.14 Å². The largest absolute Gasteiger partial charge is 0.307 e. The highest BCUT2D eigenvalue weighted by molar-refractivity contribution is 7.86. The third-order valence-electron chi connectivity index (χ3n) is 9.41. The molecule has 0 saturated carbocycles. The van der Waals surface area contributed by atoms with Crippen molar-refractivity contribution in [2.75, 3.05) is 0 Å². The molecule has 0 atom stereocenters. The lowest BCUT2D eigenvalue weighted by molar-refractivity contribution is 0.592. The van der Waals surface area contributed by atoms with Crippen LogP contribution >= 0.6 is 7.14 Å². The lowest BCUT2D eigenvalue weighted by Gasteiger charge is -2.15. The fourth-order valence-electron chi connectivity index (χ4n) is 7.37. The van der Waals surface area contributed by atoms with Gasteiger partial charge in [-0.05, 0) is 51.7 Å². The van der Waals surface area contributed by atoms with Crippen LogP contribution in [0.5, 0.6) is 0 Å². The highest BCUT2D eigenvalue weighted by Crippen LogP contribution is 2.51. The summed E-state index contributed by atoms with van der Waals surface area (Å²) in [7, 11) is -3.06. The van der Waals surface area contributed by atoms with Gasteiger partial charge < -0.3 is 4.57 Å². The van der Waals surface area contributed by atoms with E-state index in [0.717, 1.165) is 65.8 Å². The summed E-state index contributed by atoms with van der Waals surface area (Å²) in [6.07, 6.45) is 1.87. The Bertz CT molecular complexity index is 2690. The van der Waals surface area contributed by atoms with Gasteiger partial charge >= 0.3 is 0 Å². The minimum absolute atomic E-state index is 0.622. The number of para-hydroxylation sites is 2. The van der Waals surface area contributed by atoms with E-state index >= 15 is 0 Å². The van der Waals surface area contributed by atoms with Crippen LogP contribution in [0, 0.1) is 0 Å². The molecule has 4 nitrogen and oxygen atoms in total. The number of fused-ring (bicyclic) bond motifs is 13. The molecule has 0 bridgehead atoms. The van der Waals surface area contributed by atoms with Crippen LogP contribution in [0.15, 0.2) is 146 Å². The zero-order chi connectivity index (χ0) is 29.7. The number of imidazole rings is 1. The summed E-state index contributed by atoms with van der Waals surface area (Å²) >= 11 is 0. The summed E-state index contributed by atoms with van der Waals surface area (Å²) in [5.41, 5.74) is 8.98. The summed E-state index contributed by atoms with van der Waals surface area (Å²) in [5, 5.41) is 7.60. The maximum absolute atomic E-state index is 14.8. The molecule has 0 amide bonds. The molecule has 210 valence electrons. The van der Waals surface area contributed by atoms with E-state index in [9.17, 15) is 4.57 Å². The molecule has 0 spiro atoms. The number of benzene rings is 6. The SMILES string of the molecule is O=P1(c2ccc(-c3ccc4c(ccc5c6ccccc6c6nc7ccccc7n6c45)c3)cn2)c2ccccc2-c2ccccc21. The molecule has 1 aliphatic heterocycles. The second kappa shape index (κ2) is 8.98. The molecule has 5 heteroatoms. The Morgan fingerprint density at radius 2 is 1.22 bits per heavy atom. The molecular weight excluding hydrogens is 569 g/mol. The van der Waals surface area contributed by atoms with Crippen LogP contribution < -0.4 is 16.0 Å². The first-order valence-electron chi connectivity index (χ1n) is 15.1. The van der Waals surface area contributed by atoms with Gasteiger partial charge in [-0.3, -0.25) is 9.38 Å². The lowest BCUT2D eigenvalue weighted by atomic mass is 9.98. The Labute approximate surface area is 258 Å². The van der Waals surface area contributed by atoms with E-state index < -0.39 is 7.14 Å². The van der Waals surface area contributed by atoms with Gasteiger partial charge in [-0.25, -0.2) is 4.98 Å². The summed E-state index contributed by atoms with van der Waals surface area (Å²) in [4.78, 5) is 9.94. The normalized spacial score (nSPS) is 13.6. The Hall–Kier alpha value is -5.57. The van der Waals surface area contributed by atoms with Crippen molar-refractivity contribution < 1.29 is 4.57 Å². The maximum atomic E-state index is 14.8. The molecule has 3 aromatic heterocycles. The number of nitrogens with zero attached hydrogens (tertiary/aromatic N) is 3. The molecule has 0 fully saturated rings. The Kier molecular flexibility index (Phi) is 4.95. The molecule has 0 aliphatic carbocycles. The zero-order valence-corrected chi connectivity index (χ0v) is 24.9. The van der Waals surface area contributed by atoms with Crippen LogP contribution in [-0.4, -0.2) is 14.4 Å². The smallest absolute Gasteiger partial charge is 0.189 e. The first-order valence-corrected chi connectivity index (χ1v) is 16.8. The van der Waals surface area contributed by atoms with Crippen molar-refractivity contribution in [3.05, 3.63) is 146 Å². The standard InChI is InChI=1S/C40H24N3OP/c44-45(36-15-7-3-10-30(36)31-11-4-8-16-37(31)45)38-22-19-27(24-41-38)25-17-20-28-26(23-25)18-21-32-29-9-1-2-12-33(29)40-42-34-13-5-6-14-35(34)43(40)39(28)32/h1-24H. The van der Waals surface area contributed by atoms with E-state index in [2.05, 4.69) is 95.4 Å². The maximum Gasteiger partial charge on any atom is 0.189 e. The van der Waals surface area contributed by atoms with Crippen molar-refractivity contribution in [2.45, 2.75) is 0 Å². The predicted molar refractivity (Wildman–Crippen MR) is 187 cm³/mol. The summed E-state index contributed by atoms with van der Waals surface area (Å²) < 4.78 is 17.1. The molecule has 9 aromatic rings. The molecule has 6 aromatic carbocycles. The first-order chi connectivity index (χ1) is 22.2. The Morgan fingerprint density at radius 3 is 2.00 bits per heavy atom. The number of aromatic nitrogens is 3. The fraction of sp³-hybridized carbons (Fsp3) is 0. The average molecular weight is 594 g/mol. The molecule has 0 N–H and O–H groups in total. The van der Waals surface area contributed by atoms with Crippen molar-refractivity contribution in [1.82, 2.24) is 14.4 Å². The van der Waals surface area contributed by atoms with Crippen molar-refractivity contribution in [3.63, 3.8) is 0 Å². The van der Waals surface area contributed by atoms with E-state index in [1.165, 1.54) is 16.2 Å². The van der Waals surface area contributed by atoms with Crippen LogP contribution in [-0.2, 0) is 4.57 Å². The molecule has 0 saturated heterocycles. The van der Waals surface area contributed by atoms with Gasteiger partial charge in [0.2, 0.25) is 0 Å². The Morgan fingerprint density at radius 1 is 0.556 bits per heavy atom. The quantitative estimate of drug-likeness (QED) is 0.149. The number of hydrogen-bond acceptors (Lipinski definition) is 3. The van der Waals surface area contributed by atoms with Gasteiger partial charge in [0.05, 0.1) is 16.6 Å². The van der Waals surface area contributed by atoms with Crippen LogP contribution in [0.1, 0.15) is 0 Å². The van der Waals surface area contributed by atoms with Gasteiger partial charge in [0, 0.05) is 38.5 Å². The third-order valence-corrected chi connectivity index (χ3v) is 12.5. The van der Waals surface area contributed by atoms with E-state index in [0.29, 0.717) is 5.44 Å².